The molecular formula is C13H24N4. The second-order valence-electron chi connectivity index (χ2n) is 5.49. The molecule has 1 aliphatic carbocycles. The number of nitrogens with zero attached hydrogens (tertiary/aromatic N) is 3. The molecule has 0 spiro atoms. The Bertz CT molecular complexity index is 352. The van der Waals surface area contributed by atoms with E-state index in [0.29, 0.717) is 11.5 Å². The molecule has 96 valence electrons. The summed E-state index contributed by atoms with van der Waals surface area (Å²) in [5.74, 6) is 0. The number of hydrogen-bond acceptors (Lipinski definition) is 3. The first-order valence-electron chi connectivity index (χ1n) is 6.75. The highest BCUT2D eigenvalue weighted by molar-refractivity contribution is 5.08. The minimum atomic E-state index is 0.351. The van der Waals surface area contributed by atoms with Gasteiger partial charge in [0.15, 0.2) is 0 Å². The summed E-state index contributed by atoms with van der Waals surface area (Å²) in [6.07, 6.45) is 8.60. The van der Waals surface area contributed by atoms with E-state index >= 15 is 0 Å². The minimum absolute atomic E-state index is 0.351. The fourth-order valence-electron chi connectivity index (χ4n) is 3.12. The van der Waals surface area contributed by atoms with Crippen molar-refractivity contribution >= 4 is 0 Å². The van der Waals surface area contributed by atoms with Crippen molar-refractivity contribution in [2.75, 3.05) is 6.54 Å². The third-order valence-corrected chi connectivity index (χ3v) is 4.15. The van der Waals surface area contributed by atoms with Crippen LogP contribution in [0.3, 0.4) is 0 Å². The summed E-state index contributed by atoms with van der Waals surface area (Å²) in [7, 11) is 1.98. The Morgan fingerprint density at radius 3 is 2.65 bits per heavy atom. The fourth-order valence-corrected chi connectivity index (χ4v) is 3.12. The van der Waals surface area contributed by atoms with E-state index in [-0.39, 0.29) is 0 Å². The average molecular weight is 236 g/mol. The predicted octanol–water partition coefficient (Wildman–Crippen LogP) is 2.44. The van der Waals surface area contributed by atoms with E-state index in [1.807, 2.05) is 17.9 Å². The Labute approximate surface area is 104 Å². The molecule has 1 saturated carbocycles. The van der Waals surface area contributed by atoms with E-state index in [0.717, 1.165) is 6.54 Å². The van der Waals surface area contributed by atoms with Gasteiger partial charge in [-0.05, 0) is 24.8 Å². The lowest BCUT2D eigenvalue weighted by Crippen LogP contribution is -2.38. The Hall–Kier alpha value is -0.900. The molecule has 1 aliphatic rings. The molecule has 1 N–H and O–H groups in total. The molecule has 0 aromatic carbocycles. The van der Waals surface area contributed by atoms with E-state index in [4.69, 9.17) is 0 Å². The van der Waals surface area contributed by atoms with Gasteiger partial charge in [0.25, 0.3) is 0 Å². The summed E-state index contributed by atoms with van der Waals surface area (Å²) in [4.78, 5) is 0. The van der Waals surface area contributed by atoms with Crippen molar-refractivity contribution in [3.63, 3.8) is 0 Å². The Morgan fingerprint density at radius 2 is 2.12 bits per heavy atom. The Kier molecular flexibility index (Phi) is 3.82. The molecule has 2 rings (SSSR count). The SMILES string of the molecule is CCNC(c1cnnn1C)C1(C)CCCCC1. The standard InChI is InChI=1S/C13H24N4/c1-4-14-12(11-10-15-16-17(11)3)13(2)8-6-5-7-9-13/h10,12,14H,4-9H2,1-3H3. The van der Waals surface area contributed by atoms with Crippen LogP contribution in [0.25, 0.3) is 0 Å². The van der Waals surface area contributed by atoms with Crippen LogP contribution in [-0.2, 0) is 7.05 Å². The summed E-state index contributed by atoms with van der Waals surface area (Å²) in [5, 5.41) is 11.7. The van der Waals surface area contributed by atoms with Gasteiger partial charge in [0.2, 0.25) is 0 Å². The number of aromatic nitrogens is 3. The van der Waals surface area contributed by atoms with E-state index in [9.17, 15) is 0 Å². The monoisotopic (exact) mass is 236 g/mol. The number of rotatable bonds is 4. The molecule has 4 heteroatoms. The zero-order chi connectivity index (χ0) is 12.3. The second kappa shape index (κ2) is 5.17. The molecule has 1 aromatic heterocycles. The number of aryl methyl sites for hydroxylation is 1. The smallest absolute Gasteiger partial charge is 0.0758 e. The third-order valence-electron chi connectivity index (χ3n) is 4.15. The fraction of sp³-hybridized carbons (Fsp3) is 0.846. The van der Waals surface area contributed by atoms with Crippen LogP contribution in [0.1, 0.15) is 57.7 Å². The minimum Gasteiger partial charge on any atom is -0.308 e. The molecular weight excluding hydrogens is 212 g/mol. The van der Waals surface area contributed by atoms with Gasteiger partial charge in [-0.25, -0.2) is 0 Å². The summed E-state index contributed by atoms with van der Waals surface area (Å²) in [6.45, 7) is 5.57. The first kappa shape index (κ1) is 12.6. The highest BCUT2D eigenvalue weighted by atomic mass is 15.4. The summed E-state index contributed by atoms with van der Waals surface area (Å²) >= 11 is 0. The van der Waals surface area contributed by atoms with Crippen molar-refractivity contribution in [2.45, 2.75) is 52.0 Å². The average Bonchev–Trinajstić information content (AvgIpc) is 2.73. The van der Waals surface area contributed by atoms with Crippen LogP contribution >= 0.6 is 0 Å². The van der Waals surface area contributed by atoms with Gasteiger partial charge in [-0.1, -0.05) is 38.3 Å². The molecule has 0 amide bonds. The van der Waals surface area contributed by atoms with E-state index in [2.05, 4.69) is 29.5 Å². The van der Waals surface area contributed by atoms with Crippen molar-refractivity contribution in [1.29, 1.82) is 0 Å². The molecule has 1 heterocycles. The van der Waals surface area contributed by atoms with Crippen LogP contribution in [0, 0.1) is 5.41 Å². The van der Waals surface area contributed by atoms with Crippen molar-refractivity contribution in [2.24, 2.45) is 12.5 Å². The lowest BCUT2D eigenvalue weighted by Gasteiger charge is -2.41. The zero-order valence-corrected chi connectivity index (χ0v) is 11.2. The molecule has 0 radical (unpaired) electrons. The first-order valence-corrected chi connectivity index (χ1v) is 6.75. The lowest BCUT2D eigenvalue weighted by molar-refractivity contribution is 0.140. The maximum absolute atomic E-state index is 4.07. The van der Waals surface area contributed by atoms with Crippen molar-refractivity contribution in [1.82, 2.24) is 20.3 Å². The molecule has 1 unspecified atom stereocenters. The van der Waals surface area contributed by atoms with Gasteiger partial charge in [0.05, 0.1) is 17.9 Å². The van der Waals surface area contributed by atoms with Crippen LogP contribution < -0.4 is 5.32 Å². The van der Waals surface area contributed by atoms with Crippen LogP contribution in [0.15, 0.2) is 6.20 Å². The molecule has 17 heavy (non-hydrogen) atoms. The van der Waals surface area contributed by atoms with E-state index < -0.39 is 0 Å². The van der Waals surface area contributed by atoms with Gasteiger partial charge in [0.1, 0.15) is 0 Å². The van der Waals surface area contributed by atoms with Crippen molar-refractivity contribution < 1.29 is 0 Å². The molecule has 0 bridgehead atoms. The summed E-state index contributed by atoms with van der Waals surface area (Å²) in [6, 6.07) is 0.382. The third kappa shape index (κ3) is 2.51. The molecule has 1 aromatic rings. The van der Waals surface area contributed by atoms with E-state index in [1.54, 1.807) is 0 Å². The summed E-state index contributed by atoms with van der Waals surface area (Å²) in [5.41, 5.74) is 1.57. The Morgan fingerprint density at radius 1 is 1.41 bits per heavy atom. The lowest BCUT2D eigenvalue weighted by atomic mass is 9.69. The van der Waals surface area contributed by atoms with Gasteiger partial charge >= 0.3 is 0 Å². The van der Waals surface area contributed by atoms with Crippen LogP contribution in [0.4, 0.5) is 0 Å². The Balaban J connectivity index is 2.25. The van der Waals surface area contributed by atoms with Crippen molar-refractivity contribution in [3.8, 4) is 0 Å². The molecule has 4 nitrogen and oxygen atoms in total. The van der Waals surface area contributed by atoms with Gasteiger partial charge in [-0.3, -0.25) is 4.68 Å². The van der Waals surface area contributed by atoms with Gasteiger partial charge in [-0.15, -0.1) is 5.10 Å². The highest BCUT2D eigenvalue weighted by Gasteiger charge is 2.37. The van der Waals surface area contributed by atoms with Gasteiger partial charge in [-0.2, -0.15) is 0 Å². The molecule has 1 atom stereocenters. The second-order valence-corrected chi connectivity index (χ2v) is 5.49. The van der Waals surface area contributed by atoms with Crippen LogP contribution in [0.5, 0.6) is 0 Å². The van der Waals surface area contributed by atoms with Gasteiger partial charge < -0.3 is 5.32 Å². The molecule has 0 saturated heterocycles. The summed E-state index contributed by atoms with van der Waals surface area (Å²) < 4.78 is 1.91. The normalized spacial score (nSPS) is 21.4. The number of hydrogen-bond donors (Lipinski definition) is 1. The first-order chi connectivity index (χ1) is 8.17. The number of nitrogens with one attached hydrogen (secondary N) is 1. The quantitative estimate of drug-likeness (QED) is 0.873. The predicted molar refractivity (Wildman–Crippen MR) is 68.6 cm³/mol. The van der Waals surface area contributed by atoms with Gasteiger partial charge in [0, 0.05) is 7.05 Å². The molecule has 0 aliphatic heterocycles. The topological polar surface area (TPSA) is 42.7 Å². The van der Waals surface area contributed by atoms with Crippen molar-refractivity contribution in [3.05, 3.63) is 11.9 Å². The van der Waals surface area contributed by atoms with E-state index in [1.165, 1.54) is 37.8 Å². The molecule has 1 fully saturated rings. The maximum atomic E-state index is 4.07. The van der Waals surface area contributed by atoms with Crippen LogP contribution in [0.2, 0.25) is 0 Å². The largest absolute Gasteiger partial charge is 0.308 e. The van der Waals surface area contributed by atoms with Crippen LogP contribution in [-0.4, -0.2) is 21.5 Å². The zero-order valence-electron chi connectivity index (χ0n) is 11.2. The maximum Gasteiger partial charge on any atom is 0.0758 e. The highest BCUT2D eigenvalue weighted by Crippen LogP contribution is 2.45.